The molecule has 5 rings (SSSR count). The molecule has 2 aliphatic rings. The van der Waals surface area contributed by atoms with Gasteiger partial charge in [0, 0.05) is 11.8 Å². The van der Waals surface area contributed by atoms with Crippen LogP contribution in [-0.2, 0) is 4.79 Å². The first-order chi connectivity index (χ1) is 15.2. The van der Waals surface area contributed by atoms with E-state index in [0.717, 1.165) is 31.5 Å². The molecule has 0 saturated carbocycles. The van der Waals surface area contributed by atoms with Gasteiger partial charge in [0.25, 0.3) is 5.91 Å². The van der Waals surface area contributed by atoms with E-state index in [1.807, 2.05) is 48.5 Å². The van der Waals surface area contributed by atoms with E-state index in [-0.39, 0.29) is 23.9 Å². The minimum absolute atomic E-state index is 0.107. The normalized spacial score (nSPS) is 16.1. The number of para-hydroxylation sites is 2. The van der Waals surface area contributed by atoms with E-state index in [2.05, 4.69) is 15.2 Å². The van der Waals surface area contributed by atoms with Crippen LogP contribution in [0.4, 0.5) is 17.2 Å². The van der Waals surface area contributed by atoms with Crippen LogP contribution in [0.15, 0.2) is 60.8 Å². The minimum atomic E-state index is -0.324. The van der Waals surface area contributed by atoms with E-state index >= 15 is 0 Å². The maximum atomic E-state index is 13.6. The molecule has 0 atom stereocenters. The number of anilines is 3. The van der Waals surface area contributed by atoms with Crippen molar-refractivity contribution in [3.05, 3.63) is 66.4 Å². The average molecular weight is 413 g/mol. The average Bonchev–Trinajstić information content (AvgIpc) is 2.93. The van der Waals surface area contributed by atoms with Crippen molar-refractivity contribution in [1.29, 1.82) is 0 Å². The summed E-state index contributed by atoms with van der Waals surface area (Å²) in [4.78, 5) is 39.4. The van der Waals surface area contributed by atoms with Gasteiger partial charge in [-0.1, -0.05) is 48.9 Å². The Morgan fingerprint density at radius 1 is 0.968 bits per heavy atom. The third-order valence-electron chi connectivity index (χ3n) is 5.71. The number of carbonyl (C=O) groups excluding carboxylic acids is 2. The second-order valence-electron chi connectivity index (χ2n) is 7.83. The van der Waals surface area contributed by atoms with Crippen LogP contribution >= 0.6 is 0 Å². The Hall–Kier alpha value is -3.58. The van der Waals surface area contributed by atoms with Gasteiger partial charge in [-0.25, -0.2) is 9.97 Å². The summed E-state index contributed by atoms with van der Waals surface area (Å²) in [6.07, 6.45) is 4.90. The molecule has 1 fully saturated rings. The van der Waals surface area contributed by atoms with Crippen molar-refractivity contribution in [2.45, 2.75) is 19.3 Å². The van der Waals surface area contributed by atoms with Crippen LogP contribution in [0.2, 0.25) is 0 Å². The zero-order valence-corrected chi connectivity index (χ0v) is 17.1. The fourth-order valence-corrected chi connectivity index (χ4v) is 4.14. The summed E-state index contributed by atoms with van der Waals surface area (Å²) in [7, 11) is 0. The maximum absolute atomic E-state index is 13.6. The number of nitrogens with zero attached hydrogens (tertiary/aromatic N) is 4. The molecule has 1 aromatic heterocycles. The Bertz CT molecular complexity index is 1130. The van der Waals surface area contributed by atoms with E-state index in [1.54, 1.807) is 11.0 Å². The molecule has 156 valence electrons. The van der Waals surface area contributed by atoms with E-state index in [1.165, 1.54) is 12.6 Å². The summed E-state index contributed by atoms with van der Waals surface area (Å²) in [6, 6.07) is 16.9. The summed E-state index contributed by atoms with van der Waals surface area (Å²) in [6.45, 7) is 2.10. The Morgan fingerprint density at radius 2 is 1.71 bits per heavy atom. The van der Waals surface area contributed by atoms with Crippen LogP contribution < -0.4 is 10.2 Å². The van der Waals surface area contributed by atoms with Gasteiger partial charge in [-0.15, -0.1) is 0 Å². The number of piperidine rings is 1. The number of amides is 2. The Labute approximate surface area is 180 Å². The topological polar surface area (TPSA) is 78.4 Å². The molecule has 7 nitrogen and oxygen atoms in total. The monoisotopic (exact) mass is 413 g/mol. The number of benzene rings is 2. The molecular formula is C24H23N5O2. The van der Waals surface area contributed by atoms with Gasteiger partial charge >= 0.3 is 0 Å². The van der Waals surface area contributed by atoms with Crippen LogP contribution in [0, 0.1) is 0 Å². The number of carbonyl (C=O) groups is 2. The fraction of sp³-hybridized carbons (Fsp3) is 0.250. The predicted octanol–water partition coefficient (Wildman–Crippen LogP) is 3.86. The third kappa shape index (κ3) is 3.80. The van der Waals surface area contributed by atoms with E-state index < -0.39 is 0 Å². The highest BCUT2D eigenvalue weighted by Crippen LogP contribution is 2.37. The molecule has 0 unspecified atom stereocenters. The van der Waals surface area contributed by atoms with Gasteiger partial charge in [0.1, 0.15) is 5.56 Å². The number of likely N-dealkylation sites (tertiary alicyclic amines) is 1. The molecule has 0 spiro atoms. The molecule has 3 aromatic rings. The van der Waals surface area contributed by atoms with Crippen molar-refractivity contribution >= 4 is 29.0 Å². The van der Waals surface area contributed by atoms with E-state index in [4.69, 9.17) is 4.98 Å². The number of rotatable bonds is 3. The predicted molar refractivity (Wildman–Crippen MR) is 119 cm³/mol. The summed E-state index contributed by atoms with van der Waals surface area (Å²) in [5.41, 5.74) is 2.31. The number of hydrogen-bond acceptors (Lipinski definition) is 5. The van der Waals surface area contributed by atoms with Crippen LogP contribution in [0.5, 0.6) is 0 Å². The minimum Gasteiger partial charge on any atom is -0.320 e. The highest BCUT2D eigenvalue weighted by Gasteiger charge is 2.32. The highest BCUT2D eigenvalue weighted by molar-refractivity contribution is 6.17. The SMILES string of the molecule is O=C1Nc2ccccc2N(C(=O)CN2CCCCC2)c2nc(-c3ccccc3)ncc21. The molecule has 31 heavy (non-hydrogen) atoms. The Balaban J connectivity index is 1.62. The summed E-state index contributed by atoms with van der Waals surface area (Å²) in [5.74, 6) is 0.362. The van der Waals surface area contributed by atoms with E-state index in [9.17, 15) is 9.59 Å². The molecule has 0 bridgehead atoms. The molecule has 2 aromatic carbocycles. The molecule has 3 heterocycles. The van der Waals surface area contributed by atoms with Crippen LogP contribution in [0.1, 0.15) is 29.6 Å². The number of fused-ring (bicyclic) bond motifs is 2. The Kier molecular flexibility index (Phi) is 5.18. The van der Waals surface area contributed by atoms with Crippen LogP contribution in [-0.4, -0.2) is 46.3 Å². The van der Waals surface area contributed by atoms with Crippen LogP contribution in [0.3, 0.4) is 0 Å². The first-order valence-corrected chi connectivity index (χ1v) is 10.6. The first kappa shape index (κ1) is 19.4. The van der Waals surface area contributed by atoms with Gasteiger partial charge in [0.05, 0.1) is 17.9 Å². The van der Waals surface area contributed by atoms with Crippen molar-refractivity contribution in [1.82, 2.24) is 14.9 Å². The number of nitrogens with one attached hydrogen (secondary N) is 1. The maximum Gasteiger partial charge on any atom is 0.261 e. The standard InChI is InChI=1S/C24H23N5O2/c30-21(16-28-13-7-2-8-14-28)29-20-12-6-5-11-19(20)26-24(31)18-15-25-22(27-23(18)29)17-9-3-1-4-10-17/h1,3-6,9-12,15H,2,7-8,13-14,16H2,(H,26,31). The van der Waals surface area contributed by atoms with Crippen molar-refractivity contribution in [2.75, 3.05) is 29.9 Å². The van der Waals surface area contributed by atoms with Gasteiger partial charge in [0.2, 0.25) is 5.91 Å². The van der Waals surface area contributed by atoms with Crippen LogP contribution in [0.25, 0.3) is 11.4 Å². The Morgan fingerprint density at radius 3 is 2.52 bits per heavy atom. The first-order valence-electron chi connectivity index (χ1n) is 10.6. The van der Waals surface area contributed by atoms with Crippen molar-refractivity contribution in [3.63, 3.8) is 0 Å². The van der Waals surface area contributed by atoms with E-state index in [0.29, 0.717) is 23.0 Å². The lowest BCUT2D eigenvalue weighted by Crippen LogP contribution is -2.41. The molecule has 2 aliphatic heterocycles. The quantitative estimate of drug-likeness (QED) is 0.705. The molecule has 2 amide bonds. The van der Waals surface area contributed by atoms with Crippen molar-refractivity contribution < 1.29 is 9.59 Å². The largest absolute Gasteiger partial charge is 0.320 e. The smallest absolute Gasteiger partial charge is 0.261 e. The fourth-order valence-electron chi connectivity index (χ4n) is 4.14. The molecule has 7 heteroatoms. The summed E-state index contributed by atoms with van der Waals surface area (Å²) in [5, 5.41) is 2.90. The lowest BCUT2D eigenvalue weighted by Gasteiger charge is -2.29. The molecule has 1 N–H and O–H groups in total. The second kappa shape index (κ2) is 8.28. The lowest BCUT2D eigenvalue weighted by molar-refractivity contribution is -0.119. The zero-order valence-electron chi connectivity index (χ0n) is 17.1. The van der Waals surface area contributed by atoms with Gasteiger partial charge in [0.15, 0.2) is 11.6 Å². The molecule has 0 aliphatic carbocycles. The van der Waals surface area contributed by atoms with Crippen molar-refractivity contribution in [2.24, 2.45) is 0 Å². The molecule has 0 radical (unpaired) electrons. The summed E-state index contributed by atoms with van der Waals surface area (Å²) >= 11 is 0. The lowest BCUT2D eigenvalue weighted by atomic mass is 10.1. The van der Waals surface area contributed by atoms with Gasteiger partial charge < -0.3 is 5.32 Å². The highest BCUT2D eigenvalue weighted by atomic mass is 16.2. The van der Waals surface area contributed by atoms with Gasteiger partial charge in [-0.2, -0.15) is 0 Å². The molecule has 1 saturated heterocycles. The van der Waals surface area contributed by atoms with Gasteiger partial charge in [-0.05, 0) is 38.1 Å². The summed E-state index contributed by atoms with van der Waals surface area (Å²) < 4.78 is 0. The molecular weight excluding hydrogens is 390 g/mol. The number of aromatic nitrogens is 2. The third-order valence-corrected chi connectivity index (χ3v) is 5.71. The van der Waals surface area contributed by atoms with Gasteiger partial charge in [-0.3, -0.25) is 19.4 Å². The second-order valence-corrected chi connectivity index (χ2v) is 7.83. The zero-order chi connectivity index (χ0) is 21.2. The van der Waals surface area contributed by atoms with Crippen molar-refractivity contribution in [3.8, 4) is 11.4 Å². The number of hydrogen-bond donors (Lipinski definition) is 1.